The zero-order valence-electron chi connectivity index (χ0n) is 20.1. The summed E-state index contributed by atoms with van der Waals surface area (Å²) in [5, 5.41) is 0.836. The van der Waals surface area contributed by atoms with Gasteiger partial charge >= 0.3 is 0 Å². The molecular formula is C25H46NO3S+. The highest BCUT2D eigenvalue weighted by Crippen LogP contribution is 2.16. The minimum atomic E-state index is -4.03. The summed E-state index contributed by atoms with van der Waals surface area (Å²) in [5.41, 5.74) is 1.29. The van der Waals surface area contributed by atoms with Gasteiger partial charge in [-0.05, 0) is 43.7 Å². The molecule has 0 atom stereocenters. The van der Waals surface area contributed by atoms with Crippen molar-refractivity contribution in [1.29, 1.82) is 0 Å². The maximum absolute atomic E-state index is 10.5. The quantitative estimate of drug-likeness (QED) is 0.252. The minimum absolute atomic E-state index is 0.517. The van der Waals surface area contributed by atoms with Crippen molar-refractivity contribution in [3.63, 3.8) is 0 Å². The van der Waals surface area contributed by atoms with Crippen LogP contribution in [0.5, 0.6) is 0 Å². The van der Waals surface area contributed by atoms with Gasteiger partial charge in [-0.15, -0.1) is 0 Å². The van der Waals surface area contributed by atoms with Crippen LogP contribution in [-0.2, 0) is 10.1 Å². The molecule has 0 amide bonds. The topological polar surface area (TPSA) is 54.4 Å². The fourth-order valence-electron chi connectivity index (χ4n) is 3.64. The van der Waals surface area contributed by atoms with Crippen LogP contribution in [0.4, 0.5) is 0 Å². The molecule has 0 heterocycles. The molecule has 0 saturated heterocycles. The normalized spacial score (nSPS) is 12.4. The Morgan fingerprint density at radius 2 is 1.17 bits per heavy atom. The van der Waals surface area contributed by atoms with E-state index in [-0.39, 0.29) is 0 Å². The molecule has 0 unspecified atom stereocenters. The Balaban J connectivity index is 0.000000579. The molecule has 0 bridgehead atoms. The monoisotopic (exact) mass is 440 g/mol. The Morgan fingerprint density at radius 3 is 1.47 bits per heavy atom. The fourth-order valence-corrected chi connectivity index (χ4v) is 4.22. The average Bonchev–Trinajstić information content (AvgIpc) is 2.72. The molecule has 1 N–H and O–H groups in total. The molecule has 0 aliphatic heterocycles. The van der Waals surface area contributed by atoms with Crippen molar-refractivity contribution in [2.24, 2.45) is 0 Å². The van der Waals surface area contributed by atoms with Crippen molar-refractivity contribution in [1.82, 2.24) is 0 Å². The third kappa shape index (κ3) is 13.9. The zero-order chi connectivity index (χ0) is 22.9. The predicted octanol–water partition coefficient (Wildman–Crippen LogP) is 6.94. The third-order valence-corrected chi connectivity index (χ3v) is 6.15. The van der Waals surface area contributed by atoms with Crippen LogP contribution in [0.15, 0.2) is 35.7 Å². The van der Waals surface area contributed by atoms with Crippen LogP contribution in [-0.4, -0.2) is 43.6 Å². The lowest BCUT2D eigenvalue weighted by atomic mass is 10.1. The molecule has 0 aliphatic carbocycles. The first-order valence-electron chi connectivity index (χ1n) is 11.8. The van der Waals surface area contributed by atoms with Crippen LogP contribution in [0, 0.1) is 0 Å². The van der Waals surface area contributed by atoms with Crippen LogP contribution in [0.25, 0.3) is 5.57 Å². The van der Waals surface area contributed by atoms with Gasteiger partial charge in [0.05, 0.1) is 31.6 Å². The molecule has 30 heavy (non-hydrogen) atoms. The molecule has 174 valence electrons. The second-order valence-corrected chi connectivity index (χ2v) is 9.60. The van der Waals surface area contributed by atoms with E-state index in [1.807, 2.05) is 6.07 Å². The number of benzene rings is 1. The van der Waals surface area contributed by atoms with Gasteiger partial charge < -0.3 is 4.48 Å². The van der Waals surface area contributed by atoms with Gasteiger partial charge in [-0.3, -0.25) is 4.55 Å². The number of allylic oxidation sites excluding steroid dienone is 1. The molecule has 0 aromatic heterocycles. The number of hydrogen-bond acceptors (Lipinski definition) is 2. The van der Waals surface area contributed by atoms with Gasteiger partial charge in [0.15, 0.2) is 0 Å². The molecule has 0 spiro atoms. The lowest BCUT2D eigenvalue weighted by Gasteiger charge is -2.39. The first-order chi connectivity index (χ1) is 14.2. The minimum Gasteiger partial charge on any atom is -0.324 e. The third-order valence-electron chi connectivity index (χ3n) is 5.50. The second-order valence-electron chi connectivity index (χ2n) is 8.33. The Hall–Kier alpha value is -1.17. The number of quaternary nitrogens is 1. The number of hydrogen-bond donors (Lipinski definition) is 1. The lowest BCUT2D eigenvalue weighted by Crippen LogP contribution is -2.50. The summed E-state index contributed by atoms with van der Waals surface area (Å²) < 4.78 is 31.0. The molecule has 1 rings (SSSR count). The first-order valence-corrected chi connectivity index (χ1v) is 13.3. The molecule has 4 nitrogen and oxygen atoms in total. The van der Waals surface area contributed by atoms with E-state index in [0.717, 1.165) is 11.0 Å². The van der Waals surface area contributed by atoms with Crippen molar-refractivity contribution < 1.29 is 17.5 Å². The first kappa shape index (κ1) is 28.8. The van der Waals surface area contributed by atoms with Crippen LogP contribution < -0.4 is 0 Å². The van der Waals surface area contributed by atoms with E-state index in [4.69, 9.17) is 4.55 Å². The highest BCUT2D eigenvalue weighted by molar-refractivity contribution is 7.89. The summed E-state index contributed by atoms with van der Waals surface area (Å²) in [6, 6.07) is 8.99. The molecule has 1 aromatic carbocycles. The Bertz CT molecular complexity index is 631. The maximum atomic E-state index is 10.5. The molecule has 0 radical (unpaired) electrons. The standard InChI is InChI=1S/C16H36N.C9H10O3S/c1-5-9-13-17(14-10-6-2,15-11-7-3)16-12-8-4;1-8(7-13(10,11)12)9-5-3-2-4-6-9/h5-16H2,1-4H3;2-7H,1H3,(H,10,11,12)/q+1;. The summed E-state index contributed by atoms with van der Waals surface area (Å²) in [6.07, 6.45) is 11.1. The lowest BCUT2D eigenvalue weighted by molar-refractivity contribution is -0.929. The van der Waals surface area contributed by atoms with E-state index in [1.54, 1.807) is 31.2 Å². The van der Waals surface area contributed by atoms with E-state index in [2.05, 4.69) is 27.7 Å². The maximum Gasteiger partial charge on any atom is 0.287 e. The highest BCUT2D eigenvalue weighted by atomic mass is 32.2. The fraction of sp³-hybridized carbons (Fsp3) is 0.680. The molecule has 1 aromatic rings. The zero-order valence-corrected chi connectivity index (χ0v) is 20.9. The molecule has 0 fully saturated rings. The molecule has 0 saturated carbocycles. The van der Waals surface area contributed by atoms with Gasteiger partial charge in [-0.25, -0.2) is 0 Å². The van der Waals surface area contributed by atoms with Crippen LogP contribution >= 0.6 is 0 Å². The molecule has 5 heteroatoms. The van der Waals surface area contributed by atoms with Gasteiger partial charge in [0.25, 0.3) is 10.1 Å². The highest BCUT2D eigenvalue weighted by Gasteiger charge is 2.24. The Labute approximate surface area is 186 Å². The summed E-state index contributed by atoms with van der Waals surface area (Å²) in [6.45, 7) is 16.6. The molecule has 0 aliphatic rings. The van der Waals surface area contributed by atoms with Crippen LogP contribution in [0.1, 0.15) is 91.5 Å². The summed E-state index contributed by atoms with van der Waals surface area (Å²) >= 11 is 0. The number of rotatable bonds is 14. The van der Waals surface area contributed by atoms with Gasteiger partial charge in [0, 0.05) is 0 Å². The van der Waals surface area contributed by atoms with Gasteiger partial charge in [-0.1, -0.05) is 83.7 Å². The van der Waals surface area contributed by atoms with Crippen molar-refractivity contribution in [2.75, 3.05) is 26.2 Å². The van der Waals surface area contributed by atoms with Crippen LogP contribution in [0.3, 0.4) is 0 Å². The van der Waals surface area contributed by atoms with E-state index in [1.165, 1.54) is 82.0 Å². The van der Waals surface area contributed by atoms with Crippen molar-refractivity contribution in [3.8, 4) is 0 Å². The summed E-state index contributed by atoms with van der Waals surface area (Å²) in [7, 11) is -4.03. The Morgan fingerprint density at radius 1 is 0.800 bits per heavy atom. The van der Waals surface area contributed by atoms with E-state index >= 15 is 0 Å². The number of nitrogens with zero attached hydrogens (tertiary/aromatic N) is 1. The van der Waals surface area contributed by atoms with Gasteiger partial charge in [0.2, 0.25) is 0 Å². The van der Waals surface area contributed by atoms with Gasteiger partial charge in [-0.2, -0.15) is 8.42 Å². The van der Waals surface area contributed by atoms with Gasteiger partial charge in [0.1, 0.15) is 0 Å². The second kappa shape index (κ2) is 16.5. The average molecular weight is 441 g/mol. The van der Waals surface area contributed by atoms with E-state index < -0.39 is 10.1 Å². The smallest absolute Gasteiger partial charge is 0.287 e. The van der Waals surface area contributed by atoms with E-state index in [0.29, 0.717) is 5.57 Å². The van der Waals surface area contributed by atoms with Crippen LogP contribution in [0.2, 0.25) is 0 Å². The van der Waals surface area contributed by atoms with E-state index in [9.17, 15) is 8.42 Å². The molecular weight excluding hydrogens is 394 g/mol. The summed E-state index contributed by atoms with van der Waals surface area (Å²) in [5.74, 6) is 0. The largest absolute Gasteiger partial charge is 0.324 e. The van der Waals surface area contributed by atoms with Crippen molar-refractivity contribution in [3.05, 3.63) is 41.3 Å². The van der Waals surface area contributed by atoms with Crippen molar-refractivity contribution in [2.45, 2.75) is 86.0 Å². The Kier molecular flexibility index (Phi) is 15.9. The predicted molar refractivity (Wildman–Crippen MR) is 131 cm³/mol. The number of unbranched alkanes of at least 4 members (excludes halogenated alkanes) is 4. The summed E-state index contributed by atoms with van der Waals surface area (Å²) in [4.78, 5) is 0. The SMILES string of the molecule is CC(=CS(=O)(=O)O)c1ccccc1.CCCC[N+](CCCC)(CCCC)CCCC. The van der Waals surface area contributed by atoms with Crippen molar-refractivity contribution >= 4 is 15.7 Å².